The average molecular weight is 467 g/mol. The monoisotopic (exact) mass is 466 g/mol. The molecule has 0 saturated heterocycles. The third-order valence-electron chi connectivity index (χ3n) is 4.59. The molecule has 0 aliphatic rings. The zero-order valence-electron chi connectivity index (χ0n) is 16.3. The van der Waals surface area contributed by atoms with E-state index >= 15 is 0 Å². The molecule has 4 heterocycles. The number of pyridine rings is 1. The fourth-order valence-corrected chi connectivity index (χ4v) is 4.65. The van der Waals surface area contributed by atoms with Crippen LogP contribution in [0.3, 0.4) is 0 Å². The molecular weight excluding hydrogens is 452 g/mol. The van der Waals surface area contributed by atoms with E-state index in [2.05, 4.69) is 25.3 Å². The van der Waals surface area contributed by atoms with E-state index in [0.717, 1.165) is 21.7 Å². The fraction of sp³-hybridized carbons (Fsp3) is 0.0952. The Balaban J connectivity index is 1.50. The summed E-state index contributed by atoms with van der Waals surface area (Å²) in [5.74, 6) is 2.29. The summed E-state index contributed by atoms with van der Waals surface area (Å²) in [6.45, 7) is 1.98. The third-order valence-corrected chi connectivity index (χ3v) is 6.78. The van der Waals surface area contributed by atoms with Gasteiger partial charge in [-0.3, -0.25) is 9.55 Å². The zero-order chi connectivity index (χ0) is 21.2. The Morgan fingerprint density at radius 3 is 2.77 bits per heavy atom. The summed E-state index contributed by atoms with van der Waals surface area (Å²) in [6.07, 6.45) is 3.47. The summed E-state index contributed by atoms with van der Waals surface area (Å²) >= 11 is 9.45. The van der Waals surface area contributed by atoms with Crippen LogP contribution in [0.2, 0.25) is 5.02 Å². The van der Waals surface area contributed by atoms with Crippen molar-refractivity contribution >= 4 is 34.7 Å². The number of benzene rings is 1. The molecule has 0 radical (unpaired) electrons. The van der Waals surface area contributed by atoms with Crippen molar-refractivity contribution in [2.24, 2.45) is 0 Å². The van der Waals surface area contributed by atoms with Crippen molar-refractivity contribution in [2.75, 3.05) is 0 Å². The Kier molecular flexibility index (Phi) is 5.54. The Bertz CT molecular complexity index is 1320. The first-order chi connectivity index (χ1) is 15.2. The maximum Gasteiger partial charge on any atom is 0.237 e. The van der Waals surface area contributed by atoms with Gasteiger partial charge < -0.3 is 4.52 Å². The molecule has 0 fully saturated rings. The van der Waals surface area contributed by atoms with Gasteiger partial charge in [-0.25, -0.2) is 0 Å². The van der Waals surface area contributed by atoms with Crippen LogP contribution in [-0.2, 0) is 5.75 Å². The van der Waals surface area contributed by atoms with E-state index in [-0.39, 0.29) is 0 Å². The highest BCUT2D eigenvalue weighted by Crippen LogP contribution is 2.33. The Labute approximate surface area is 191 Å². The van der Waals surface area contributed by atoms with Gasteiger partial charge in [0.2, 0.25) is 11.7 Å². The molecule has 31 heavy (non-hydrogen) atoms. The van der Waals surface area contributed by atoms with Gasteiger partial charge in [-0.2, -0.15) is 4.98 Å². The fourth-order valence-electron chi connectivity index (χ4n) is 3.05. The first kappa shape index (κ1) is 19.9. The Morgan fingerprint density at radius 1 is 1.10 bits per heavy atom. The molecule has 0 aliphatic heterocycles. The molecule has 0 unspecified atom stereocenters. The minimum atomic E-state index is 0.465. The first-order valence-corrected chi connectivity index (χ1v) is 11.6. The zero-order valence-corrected chi connectivity index (χ0v) is 18.7. The molecule has 154 valence electrons. The minimum absolute atomic E-state index is 0.465. The summed E-state index contributed by atoms with van der Waals surface area (Å²) in [5, 5.41) is 16.3. The molecule has 0 bridgehead atoms. The van der Waals surface area contributed by atoms with Crippen LogP contribution in [0.1, 0.15) is 11.5 Å². The summed E-state index contributed by atoms with van der Waals surface area (Å²) in [7, 11) is 0. The highest BCUT2D eigenvalue weighted by atomic mass is 35.5. The third kappa shape index (κ3) is 3.99. The van der Waals surface area contributed by atoms with Crippen molar-refractivity contribution in [1.29, 1.82) is 0 Å². The highest BCUT2D eigenvalue weighted by Gasteiger charge is 2.19. The van der Waals surface area contributed by atoms with Gasteiger partial charge in [0, 0.05) is 23.0 Å². The van der Waals surface area contributed by atoms with Crippen molar-refractivity contribution in [2.45, 2.75) is 17.8 Å². The van der Waals surface area contributed by atoms with E-state index in [1.165, 1.54) is 11.8 Å². The second kappa shape index (κ2) is 8.62. The Hall–Kier alpha value is -3.01. The number of hydrogen-bond acceptors (Lipinski definition) is 8. The van der Waals surface area contributed by atoms with E-state index in [1.807, 2.05) is 59.3 Å². The van der Waals surface area contributed by atoms with Crippen molar-refractivity contribution < 1.29 is 4.52 Å². The molecule has 4 aromatic heterocycles. The molecule has 7 nitrogen and oxygen atoms in total. The van der Waals surface area contributed by atoms with E-state index in [1.54, 1.807) is 23.7 Å². The SMILES string of the molecule is Cc1c(Cl)cccc1-n1c(SCc2nc(-c3cccs3)no2)nnc1-c1ccncc1. The van der Waals surface area contributed by atoms with Crippen molar-refractivity contribution in [3.8, 4) is 27.8 Å². The molecule has 5 rings (SSSR count). The molecule has 0 aliphatic carbocycles. The summed E-state index contributed by atoms with van der Waals surface area (Å²) < 4.78 is 7.43. The molecule has 0 spiro atoms. The normalized spacial score (nSPS) is 11.2. The summed E-state index contributed by atoms with van der Waals surface area (Å²) in [5.41, 5.74) is 2.77. The smallest absolute Gasteiger partial charge is 0.237 e. The largest absolute Gasteiger partial charge is 0.338 e. The van der Waals surface area contributed by atoms with Gasteiger partial charge >= 0.3 is 0 Å². The number of thiophene rings is 1. The second-order valence-corrected chi connectivity index (χ2v) is 8.84. The summed E-state index contributed by atoms with van der Waals surface area (Å²) in [6, 6.07) is 13.5. The number of halogens is 1. The predicted octanol–water partition coefficient (Wildman–Crippen LogP) is 5.69. The van der Waals surface area contributed by atoms with Gasteiger partial charge in [0.05, 0.1) is 16.3 Å². The predicted molar refractivity (Wildman–Crippen MR) is 122 cm³/mol. The maximum atomic E-state index is 6.40. The minimum Gasteiger partial charge on any atom is -0.338 e. The molecule has 0 atom stereocenters. The molecule has 5 aromatic rings. The van der Waals surface area contributed by atoms with Crippen molar-refractivity contribution in [3.05, 3.63) is 76.7 Å². The van der Waals surface area contributed by atoms with E-state index in [0.29, 0.717) is 33.5 Å². The molecular formula is C21H15ClN6OS2. The van der Waals surface area contributed by atoms with Gasteiger partial charge in [-0.1, -0.05) is 40.7 Å². The van der Waals surface area contributed by atoms with Crippen LogP contribution in [-0.4, -0.2) is 29.9 Å². The van der Waals surface area contributed by atoms with E-state index < -0.39 is 0 Å². The molecule has 0 N–H and O–H groups in total. The van der Waals surface area contributed by atoms with Crippen molar-refractivity contribution in [1.82, 2.24) is 29.9 Å². The Morgan fingerprint density at radius 2 is 1.97 bits per heavy atom. The van der Waals surface area contributed by atoms with E-state index in [9.17, 15) is 0 Å². The lowest BCUT2D eigenvalue weighted by molar-refractivity contribution is 0.391. The van der Waals surface area contributed by atoms with Crippen LogP contribution in [0.5, 0.6) is 0 Å². The molecule has 0 saturated carbocycles. The average Bonchev–Trinajstić information content (AvgIpc) is 3.55. The summed E-state index contributed by atoms with van der Waals surface area (Å²) in [4.78, 5) is 9.56. The van der Waals surface area contributed by atoms with Gasteiger partial charge in [-0.15, -0.1) is 21.5 Å². The van der Waals surface area contributed by atoms with Gasteiger partial charge in [0.25, 0.3) is 0 Å². The van der Waals surface area contributed by atoms with Gasteiger partial charge in [0.1, 0.15) is 0 Å². The quantitative estimate of drug-likeness (QED) is 0.297. The lowest BCUT2D eigenvalue weighted by Crippen LogP contribution is -2.02. The molecule has 10 heteroatoms. The lowest BCUT2D eigenvalue weighted by atomic mass is 10.2. The number of thioether (sulfide) groups is 1. The number of hydrogen-bond donors (Lipinski definition) is 0. The number of rotatable bonds is 6. The van der Waals surface area contributed by atoms with Crippen LogP contribution in [0, 0.1) is 6.92 Å². The van der Waals surface area contributed by atoms with E-state index in [4.69, 9.17) is 16.1 Å². The van der Waals surface area contributed by atoms with Crippen LogP contribution in [0.15, 0.2) is 69.9 Å². The first-order valence-electron chi connectivity index (χ1n) is 9.31. The highest BCUT2D eigenvalue weighted by molar-refractivity contribution is 7.98. The van der Waals surface area contributed by atoms with Crippen LogP contribution in [0.4, 0.5) is 0 Å². The maximum absolute atomic E-state index is 6.40. The molecule has 0 amide bonds. The van der Waals surface area contributed by atoms with Gasteiger partial charge in [0.15, 0.2) is 11.0 Å². The second-order valence-electron chi connectivity index (χ2n) is 6.54. The van der Waals surface area contributed by atoms with Crippen LogP contribution < -0.4 is 0 Å². The van der Waals surface area contributed by atoms with Crippen LogP contribution >= 0.6 is 34.7 Å². The number of aromatic nitrogens is 6. The van der Waals surface area contributed by atoms with Gasteiger partial charge in [-0.05, 0) is 48.2 Å². The molecule has 1 aromatic carbocycles. The number of nitrogens with zero attached hydrogens (tertiary/aromatic N) is 6. The topological polar surface area (TPSA) is 82.5 Å². The van der Waals surface area contributed by atoms with Crippen LogP contribution in [0.25, 0.3) is 27.8 Å². The lowest BCUT2D eigenvalue weighted by Gasteiger charge is -2.13. The van der Waals surface area contributed by atoms with Crippen molar-refractivity contribution in [3.63, 3.8) is 0 Å². The standard InChI is InChI=1S/C21H15ClN6OS2/c1-13-15(22)4-2-5-16(13)28-20(14-7-9-23-10-8-14)25-26-21(28)31-12-18-24-19(27-29-18)17-6-3-11-30-17/h2-11H,12H2,1H3.